The number of carbonyl (C=O) groups excluding carboxylic acids is 1. The molecule has 1 fully saturated rings. The molecule has 1 saturated carbocycles. The Balaban J connectivity index is 1.96. The van der Waals surface area contributed by atoms with E-state index in [0.717, 1.165) is 18.5 Å². The van der Waals surface area contributed by atoms with E-state index in [1.807, 2.05) is 0 Å². The molecule has 1 aromatic rings. The molecule has 0 saturated heterocycles. The van der Waals surface area contributed by atoms with Crippen LogP contribution >= 0.6 is 0 Å². The molecule has 0 aromatic carbocycles. The molecule has 0 amide bonds. The maximum atomic E-state index is 12.1. The highest BCUT2D eigenvalue weighted by Crippen LogP contribution is 2.25. The summed E-state index contributed by atoms with van der Waals surface area (Å²) in [6, 6.07) is 1.74. The predicted molar refractivity (Wildman–Crippen MR) is 63.9 cm³/mol. The van der Waals surface area contributed by atoms with Crippen molar-refractivity contribution in [3.8, 4) is 5.88 Å². The first kappa shape index (κ1) is 12.0. The summed E-state index contributed by atoms with van der Waals surface area (Å²) in [5, 5.41) is 0. The fourth-order valence-electron chi connectivity index (χ4n) is 2.33. The van der Waals surface area contributed by atoms with Gasteiger partial charge in [0.15, 0.2) is 0 Å². The van der Waals surface area contributed by atoms with Crippen molar-refractivity contribution in [1.82, 2.24) is 9.97 Å². The Morgan fingerprint density at radius 1 is 1.35 bits per heavy atom. The zero-order valence-corrected chi connectivity index (χ0v) is 10.2. The fraction of sp³-hybridized carbons (Fsp3) is 0.615. The van der Waals surface area contributed by atoms with Crippen molar-refractivity contribution in [2.75, 3.05) is 7.11 Å². The van der Waals surface area contributed by atoms with Gasteiger partial charge >= 0.3 is 0 Å². The van der Waals surface area contributed by atoms with E-state index in [-0.39, 0.29) is 5.92 Å². The summed E-state index contributed by atoms with van der Waals surface area (Å²) in [7, 11) is 1.56. The number of hydrogen-bond acceptors (Lipinski definition) is 4. The number of hydrogen-bond donors (Lipinski definition) is 0. The van der Waals surface area contributed by atoms with Crippen molar-refractivity contribution in [1.29, 1.82) is 0 Å². The summed E-state index contributed by atoms with van der Waals surface area (Å²) >= 11 is 0. The van der Waals surface area contributed by atoms with E-state index in [1.54, 1.807) is 13.2 Å². The summed E-state index contributed by atoms with van der Waals surface area (Å²) in [6.45, 7) is 0. The molecule has 4 nitrogen and oxygen atoms in total. The first-order valence-corrected chi connectivity index (χ1v) is 6.17. The third-order valence-corrected chi connectivity index (χ3v) is 3.32. The highest BCUT2D eigenvalue weighted by Gasteiger charge is 2.21. The maximum Gasteiger partial charge on any atom is 0.216 e. The second-order valence-electron chi connectivity index (χ2n) is 4.53. The minimum absolute atomic E-state index is 0.240. The van der Waals surface area contributed by atoms with Crippen LogP contribution in [0.3, 0.4) is 0 Å². The molecule has 1 aliphatic carbocycles. The largest absolute Gasteiger partial charge is 0.481 e. The monoisotopic (exact) mass is 234 g/mol. The summed E-state index contributed by atoms with van der Waals surface area (Å²) < 4.78 is 5.02. The molecule has 0 unspecified atom stereocenters. The highest BCUT2D eigenvalue weighted by molar-refractivity contribution is 5.82. The van der Waals surface area contributed by atoms with Gasteiger partial charge in [-0.2, -0.15) is 0 Å². The van der Waals surface area contributed by atoms with Gasteiger partial charge in [0.1, 0.15) is 12.1 Å². The van der Waals surface area contributed by atoms with E-state index in [0.29, 0.717) is 18.1 Å². The average molecular weight is 234 g/mol. The van der Waals surface area contributed by atoms with Crippen molar-refractivity contribution in [3.63, 3.8) is 0 Å². The Hall–Kier alpha value is -1.45. The molecule has 0 radical (unpaired) electrons. The molecule has 0 spiro atoms. The number of rotatable bonds is 4. The number of nitrogens with zero attached hydrogens (tertiary/aromatic N) is 2. The number of Topliss-reactive ketones (excluding diaryl/α,β-unsaturated/α-hetero) is 1. The summed E-state index contributed by atoms with van der Waals surface area (Å²) in [5.74, 6) is 1.07. The van der Waals surface area contributed by atoms with Crippen LogP contribution in [0.4, 0.5) is 0 Å². The van der Waals surface area contributed by atoms with Crippen LogP contribution in [0.1, 0.15) is 37.8 Å². The second kappa shape index (κ2) is 5.75. The van der Waals surface area contributed by atoms with Gasteiger partial charge in [-0.25, -0.2) is 9.97 Å². The van der Waals surface area contributed by atoms with Gasteiger partial charge in [0.2, 0.25) is 5.88 Å². The van der Waals surface area contributed by atoms with Crippen LogP contribution in [0.5, 0.6) is 5.88 Å². The molecule has 92 valence electrons. The fourth-order valence-corrected chi connectivity index (χ4v) is 2.33. The molecule has 17 heavy (non-hydrogen) atoms. The van der Waals surface area contributed by atoms with Crippen LogP contribution in [-0.4, -0.2) is 22.9 Å². The van der Waals surface area contributed by atoms with Gasteiger partial charge in [-0.05, 0) is 12.8 Å². The average Bonchev–Trinajstić information content (AvgIpc) is 2.40. The van der Waals surface area contributed by atoms with Crippen LogP contribution in [0.15, 0.2) is 12.4 Å². The third kappa shape index (κ3) is 3.25. The summed E-state index contributed by atoms with van der Waals surface area (Å²) in [4.78, 5) is 20.1. The van der Waals surface area contributed by atoms with Gasteiger partial charge in [0.05, 0.1) is 12.8 Å². The summed E-state index contributed by atoms with van der Waals surface area (Å²) in [6.07, 6.45) is 7.58. The van der Waals surface area contributed by atoms with E-state index < -0.39 is 0 Å². The molecular formula is C13H18N2O2. The first-order valence-electron chi connectivity index (χ1n) is 6.17. The number of aromatic nitrogens is 2. The Morgan fingerprint density at radius 3 is 2.82 bits per heavy atom. The number of methoxy groups -OCH3 is 1. The molecule has 0 N–H and O–H groups in total. The van der Waals surface area contributed by atoms with Crippen molar-refractivity contribution in [2.45, 2.75) is 38.5 Å². The Labute approximate surface area is 101 Å². The SMILES string of the molecule is COc1cc(CC(=O)C2CCCCC2)ncn1. The van der Waals surface area contributed by atoms with Crippen LogP contribution < -0.4 is 4.74 Å². The van der Waals surface area contributed by atoms with Gasteiger partial charge in [-0.3, -0.25) is 4.79 Å². The second-order valence-corrected chi connectivity index (χ2v) is 4.53. The van der Waals surface area contributed by atoms with Crippen LogP contribution in [0.25, 0.3) is 0 Å². The standard InChI is InChI=1S/C13H18N2O2/c1-17-13-8-11(14-9-15-13)7-12(16)10-5-3-2-4-6-10/h8-10H,2-7H2,1H3. The van der Waals surface area contributed by atoms with Crippen LogP contribution in [-0.2, 0) is 11.2 Å². The minimum Gasteiger partial charge on any atom is -0.481 e. The quantitative estimate of drug-likeness (QED) is 0.801. The molecule has 1 aromatic heterocycles. The van der Waals surface area contributed by atoms with E-state index in [9.17, 15) is 4.79 Å². The molecule has 2 rings (SSSR count). The molecule has 0 atom stereocenters. The lowest BCUT2D eigenvalue weighted by molar-refractivity contribution is -0.123. The number of ketones is 1. The minimum atomic E-state index is 0.240. The van der Waals surface area contributed by atoms with Crippen molar-refractivity contribution >= 4 is 5.78 Å². The zero-order valence-electron chi connectivity index (χ0n) is 10.2. The molecule has 1 aliphatic rings. The van der Waals surface area contributed by atoms with Gasteiger partial charge in [-0.15, -0.1) is 0 Å². The van der Waals surface area contributed by atoms with Crippen LogP contribution in [0.2, 0.25) is 0 Å². The Kier molecular flexibility index (Phi) is 4.07. The molecule has 0 bridgehead atoms. The Bertz CT molecular complexity index is 387. The number of ether oxygens (including phenoxy) is 1. The van der Waals surface area contributed by atoms with Crippen molar-refractivity contribution in [3.05, 3.63) is 18.1 Å². The van der Waals surface area contributed by atoms with Gasteiger partial charge in [0.25, 0.3) is 0 Å². The normalized spacial score (nSPS) is 16.8. The summed E-state index contributed by atoms with van der Waals surface area (Å²) in [5.41, 5.74) is 0.757. The lowest BCUT2D eigenvalue weighted by Gasteiger charge is -2.19. The molecule has 0 aliphatic heterocycles. The van der Waals surface area contributed by atoms with Crippen molar-refractivity contribution in [2.24, 2.45) is 5.92 Å². The lowest BCUT2D eigenvalue weighted by Crippen LogP contribution is -2.20. The van der Waals surface area contributed by atoms with Gasteiger partial charge in [-0.1, -0.05) is 19.3 Å². The smallest absolute Gasteiger partial charge is 0.216 e. The Morgan fingerprint density at radius 2 is 2.12 bits per heavy atom. The predicted octanol–water partition coefficient (Wildman–Crippen LogP) is 2.18. The highest BCUT2D eigenvalue weighted by atomic mass is 16.5. The van der Waals surface area contributed by atoms with E-state index in [1.165, 1.54) is 25.6 Å². The first-order chi connectivity index (χ1) is 8.29. The number of carbonyl (C=O) groups is 1. The van der Waals surface area contributed by atoms with Crippen LogP contribution in [0, 0.1) is 5.92 Å². The maximum absolute atomic E-state index is 12.1. The molecule has 1 heterocycles. The topological polar surface area (TPSA) is 52.1 Å². The van der Waals surface area contributed by atoms with E-state index in [4.69, 9.17) is 4.74 Å². The lowest BCUT2D eigenvalue weighted by atomic mass is 9.85. The van der Waals surface area contributed by atoms with Crippen molar-refractivity contribution < 1.29 is 9.53 Å². The zero-order chi connectivity index (χ0) is 12.1. The van der Waals surface area contributed by atoms with E-state index in [2.05, 4.69) is 9.97 Å². The van der Waals surface area contributed by atoms with Gasteiger partial charge < -0.3 is 4.74 Å². The third-order valence-electron chi connectivity index (χ3n) is 3.32. The molecule has 4 heteroatoms. The molecular weight excluding hydrogens is 216 g/mol. The van der Waals surface area contributed by atoms with E-state index >= 15 is 0 Å². The van der Waals surface area contributed by atoms with Gasteiger partial charge in [0, 0.05) is 18.4 Å².